The number of rotatable bonds is 14. The Hall–Kier alpha value is -0.123. The maximum Gasteiger partial charge on any atom is 0.361 e. The predicted octanol–water partition coefficient (Wildman–Crippen LogP) is 6.25. The minimum atomic E-state index is -2.23. The van der Waals surface area contributed by atoms with Gasteiger partial charge in [0.25, 0.3) is 0 Å². The van der Waals surface area contributed by atoms with Gasteiger partial charge in [-0.2, -0.15) is 0 Å². The van der Waals surface area contributed by atoms with Gasteiger partial charge >= 0.3 is 8.56 Å². The fourth-order valence-corrected chi connectivity index (χ4v) is 4.70. The van der Waals surface area contributed by atoms with Gasteiger partial charge in [-0.1, -0.05) is 73.1 Å². The summed E-state index contributed by atoms with van der Waals surface area (Å²) in [5.74, 6) is 1.02. The molecule has 3 heteroatoms. The molecule has 0 aliphatic carbocycles. The Morgan fingerprint density at radius 3 is 1.86 bits per heavy atom. The van der Waals surface area contributed by atoms with Crippen LogP contribution in [-0.4, -0.2) is 21.3 Å². The molecule has 0 spiro atoms. The van der Waals surface area contributed by atoms with Crippen molar-refractivity contribution in [3.05, 3.63) is 12.3 Å². The largest absolute Gasteiger partial charge is 0.391 e. The minimum absolute atomic E-state index is 0.253. The van der Waals surface area contributed by atoms with E-state index in [4.69, 9.17) is 8.85 Å². The van der Waals surface area contributed by atoms with Crippen molar-refractivity contribution in [3.63, 3.8) is 0 Å². The van der Waals surface area contributed by atoms with Gasteiger partial charge in [0.2, 0.25) is 0 Å². The summed E-state index contributed by atoms with van der Waals surface area (Å²) >= 11 is 0. The predicted molar refractivity (Wildman–Crippen MR) is 100 cm³/mol. The lowest BCUT2D eigenvalue weighted by atomic mass is 9.97. The van der Waals surface area contributed by atoms with E-state index in [0.717, 1.165) is 13.0 Å². The second-order valence-electron chi connectivity index (χ2n) is 7.26. The van der Waals surface area contributed by atoms with Crippen LogP contribution in [0.5, 0.6) is 0 Å². The van der Waals surface area contributed by atoms with Gasteiger partial charge in [-0.3, -0.25) is 0 Å². The molecule has 0 saturated carbocycles. The Balaban J connectivity index is 4.04. The highest BCUT2D eigenvalue weighted by Gasteiger charge is 2.33. The topological polar surface area (TPSA) is 18.5 Å². The van der Waals surface area contributed by atoms with Gasteiger partial charge in [-0.25, -0.2) is 0 Å². The molecule has 0 heterocycles. The average molecular weight is 329 g/mol. The molecule has 0 saturated heterocycles. The van der Waals surface area contributed by atoms with Crippen LogP contribution in [0.2, 0.25) is 6.55 Å². The Morgan fingerprint density at radius 2 is 1.41 bits per heavy atom. The van der Waals surface area contributed by atoms with E-state index in [-0.39, 0.29) is 6.10 Å². The van der Waals surface area contributed by atoms with Crippen LogP contribution >= 0.6 is 0 Å². The number of hydrogen-bond acceptors (Lipinski definition) is 2. The fourth-order valence-electron chi connectivity index (χ4n) is 2.79. The van der Waals surface area contributed by atoms with Crippen molar-refractivity contribution in [1.29, 1.82) is 0 Å². The maximum atomic E-state index is 6.37. The van der Waals surface area contributed by atoms with Crippen molar-refractivity contribution < 1.29 is 8.85 Å². The molecule has 132 valence electrons. The average Bonchev–Trinajstić information content (AvgIpc) is 2.47. The van der Waals surface area contributed by atoms with Crippen LogP contribution in [0, 0.1) is 11.8 Å². The van der Waals surface area contributed by atoms with Gasteiger partial charge < -0.3 is 8.85 Å². The van der Waals surface area contributed by atoms with Crippen LogP contribution < -0.4 is 0 Å². The first-order valence-corrected chi connectivity index (χ1v) is 11.7. The van der Waals surface area contributed by atoms with E-state index in [1.165, 1.54) is 38.5 Å². The van der Waals surface area contributed by atoms with Crippen LogP contribution in [0.3, 0.4) is 0 Å². The van der Waals surface area contributed by atoms with E-state index >= 15 is 0 Å². The van der Waals surface area contributed by atoms with Gasteiger partial charge in [0.15, 0.2) is 0 Å². The zero-order valence-electron chi connectivity index (χ0n) is 16.0. The third kappa shape index (κ3) is 9.81. The van der Waals surface area contributed by atoms with Crippen molar-refractivity contribution in [2.24, 2.45) is 11.8 Å². The summed E-state index contributed by atoms with van der Waals surface area (Å²) in [4.78, 5) is 0. The van der Waals surface area contributed by atoms with Crippen LogP contribution in [0.1, 0.15) is 79.6 Å². The van der Waals surface area contributed by atoms with E-state index in [1.54, 1.807) is 0 Å². The Labute approximate surface area is 140 Å². The SMILES string of the molecule is C=C[Si](C)(OCCCCCCCCC)OC(C(C)C)C(C)C. The lowest BCUT2D eigenvalue weighted by Crippen LogP contribution is -2.44. The Kier molecular flexibility index (Phi) is 12.2. The zero-order valence-corrected chi connectivity index (χ0v) is 17.0. The molecule has 22 heavy (non-hydrogen) atoms. The molecule has 0 N–H and O–H groups in total. The van der Waals surface area contributed by atoms with Crippen molar-refractivity contribution in [1.82, 2.24) is 0 Å². The first-order valence-electron chi connectivity index (χ1n) is 9.31. The van der Waals surface area contributed by atoms with E-state index in [0.29, 0.717) is 11.8 Å². The van der Waals surface area contributed by atoms with Crippen LogP contribution in [0.25, 0.3) is 0 Å². The zero-order chi connectivity index (χ0) is 17.0. The molecular weight excluding hydrogens is 288 g/mol. The van der Waals surface area contributed by atoms with E-state index in [2.05, 4.69) is 47.7 Å². The van der Waals surface area contributed by atoms with Crippen molar-refractivity contribution >= 4 is 8.56 Å². The summed E-state index contributed by atoms with van der Waals surface area (Å²) in [6, 6.07) is 0. The summed E-state index contributed by atoms with van der Waals surface area (Å²) in [6.07, 6.45) is 9.42. The van der Waals surface area contributed by atoms with E-state index in [9.17, 15) is 0 Å². The molecule has 0 aromatic carbocycles. The van der Waals surface area contributed by atoms with Crippen LogP contribution in [0.15, 0.2) is 12.3 Å². The Bertz CT molecular complexity index is 271. The number of hydrogen-bond donors (Lipinski definition) is 0. The quantitative estimate of drug-likeness (QED) is 0.277. The standard InChI is InChI=1S/C19H40O2Si/c1-8-10-11-12-13-14-15-16-20-22(7,9-2)21-19(17(3)4)18(5)6/h9,17-19H,2,8,10-16H2,1,3-7H3. The number of unbranched alkanes of at least 4 members (excludes halogenated alkanes) is 6. The molecule has 0 fully saturated rings. The summed E-state index contributed by atoms with van der Waals surface area (Å²) in [7, 11) is -2.23. The third-order valence-corrected chi connectivity index (χ3v) is 6.45. The monoisotopic (exact) mass is 328 g/mol. The normalized spacial score (nSPS) is 14.8. The van der Waals surface area contributed by atoms with Crippen molar-refractivity contribution in [3.8, 4) is 0 Å². The molecule has 0 bridgehead atoms. The lowest BCUT2D eigenvalue weighted by Gasteiger charge is -2.33. The highest BCUT2D eigenvalue weighted by Crippen LogP contribution is 2.22. The first kappa shape index (κ1) is 21.9. The summed E-state index contributed by atoms with van der Waals surface area (Å²) < 4.78 is 12.5. The van der Waals surface area contributed by atoms with Gasteiger partial charge in [0.1, 0.15) is 0 Å². The Morgan fingerprint density at radius 1 is 0.909 bits per heavy atom. The second kappa shape index (κ2) is 12.3. The van der Waals surface area contributed by atoms with Crippen LogP contribution in [0.4, 0.5) is 0 Å². The summed E-state index contributed by atoms with van der Waals surface area (Å²) in [6.45, 7) is 18.0. The minimum Gasteiger partial charge on any atom is -0.391 e. The molecular formula is C19H40O2Si. The van der Waals surface area contributed by atoms with Crippen LogP contribution in [-0.2, 0) is 8.85 Å². The summed E-state index contributed by atoms with van der Waals surface area (Å²) in [5, 5.41) is 0. The van der Waals surface area contributed by atoms with Crippen molar-refractivity contribution in [2.75, 3.05) is 6.61 Å². The molecule has 0 aliphatic heterocycles. The summed E-state index contributed by atoms with van der Waals surface area (Å²) in [5.41, 5.74) is 1.94. The molecule has 0 rings (SSSR count). The molecule has 0 radical (unpaired) electrons. The molecule has 2 nitrogen and oxygen atoms in total. The molecule has 1 atom stereocenters. The first-order chi connectivity index (χ1) is 10.4. The molecule has 0 aromatic heterocycles. The van der Waals surface area contributed by atoms with E-state index in [1.807, 2.05) is 5.70 Å². The lowest BCUT2D eigenvalue weighted by molar-refractivity contribution is 0.0588. The smallest absolute Gasteiger partial charge is 0.361 e. The molecule has 0 amide bonds. The fraction of sp³-hybridized carbons (Fsp3) is 0.895. The van der Waals surface area contributed by atoms with Gasteiger partial charge in [0, 0.05) is 6.61 Å². The third-order valence-electron chi connectivity index (χ3n) is 4.19. The van der Waals surface area contributed by atoms with Gasteiger partial charge in [-0.05, 0) is 30.5 Å². The highest BCUT2D eigenvalue weighted by molar-refractivity contribution is 6.71. The second-order valence-corrected chi connectivity index (χ2v) is 10.2. The molecule has 0 aromatic rings. The van der Waals surface area contributed by atoms with Gasteiger partial charge in [-0.15, -0.1) is 6.58 Å². The highest BCUT2D eigenvalue weighted by atomic mass is 28.4. The van der Waals surface area contributed by atoms with Gasteiger partial charge in [0.05, 0.1) is 6.10 Å². The van der Waals surface area contributed by atoms with Crippen molar-refractivity contribution in [2.45, 2.75) is 92.2 Å². The van der Waals surface area contributed by atoms with E-state index < -0.39 is 8.56 Å². The molecule has 0 aliphatic rings. The molecule has 1 unspecified atom stereocenters. The maximum absolute atomic E-state index is 6.37.